The van der Waals surface area contributed by atoms with E-state index in [1.54, 1.807) is 0 Å². The summed E-state index contributed by atoms with van der Waals surface area (Å²) in [7, 11) is 0. The minimum absolute atomic E-state index is 1.27. The van der Waals surface area contributed by atoms with Gasteiger partial charge in [-0.15, -0.1) is 34.4 Å². The summed E-state index contributed by atoms with van der Waals surface area (Å²) >= 11 is 5.77. The molecule has 2 aromatic rings. The van der Waals surface area contributed by atoms with Gasteiger partial charge in [0.1, 0.15) is 0 Å². The molecule has 0 amide bonds. The molecule has 3 heteroatoms. The van der Waals surface area contributed by atoms with Crippen molar-refractivity contribution in [2.45, 2.75) is 63.2 Å². The van der Waals surface area contributed by atoms with Gasteiger partial charge in [0.05, 0.1) is 4.88 Å². The van der Waals surface area contributed by atoms with Crippen LogP contribution < -0.4 is 0 Å². The van der Waals surface area contributed by atoms with Crippen molar-refractivity contribution < 1.29 is 0 Å². The number of unbranched alkanes of at least 4 members (excludes halogenated alkanes) is 7. The van der Waals surface area contributed by atoms with Crippen LogP contribution in [0.5, 0.6) is 0 Å². The molecule has 0 aliphatic heterocycles. The van der Waals surface area contributed by atoms with E-state index < -0.39 is 0 Å². The Morgan fingerprint density at radius 3 is 2.33 bits per heavy atom. The van der Waals surface area contributed by atoms with Gasteiger partial charge in [-0.2, -0.15) is 0 Å². The normalized spacial score (nSPS) is 11.1. The zero-order valence-electron chi connectivity index (χ0n) is 13.0. The molecular weight excluding hydrogens is 312 g/mol. The smallest absolute Gasteiger partial charge is 0.0578 e. The van der Waals surface area contributed by atoms with E-state index >= 15 is 0 Å². The van der Waals surface area contributed by atoms with Crippen LogP contribution in [0.2, 0.25) is 0 Å². The van der Waals surface area contributed by atoms with Crippen LogP contribution in [-0.4, -0.2) is 5.75 Å². The molecule has 2 heterocycles. The van der Waals surface area contributed by atoms with Gasteiger partial charge in [0.25, 0.3) is 0 Å². The molecule has 116 valence electrons. The molecule has 0 atom stereocenters. The lowest BCUT2D eigenvalue weighted by atomic mass is 10.1. The summed E-state index contributed by atoms with van der Waals surface area (Å²) < 4.78 is 0. The van der Waals surface area contributed by atoms with Crippen molar-refractivity contribution in [3.8, 4) is 9.75 Å². The second-order valence-electron chi connectivity index (χ2n) is 5.41. The first-order valence-electron chi connectivity index (χ1n) is 8.16. The minimum atomic E-state index is 1.27. The molecule has 0 saturated carbocycles. The lowest BCUT2D eigenvalue weighted by molar-refractivity contribution is 0.586. The van der Waals surface area contributed by atoms with E-state index in [1.165, 1.54) is 71.8 Å². The Hall–Kier alpha value is -0.250. The Morgan fingerprint density at radius 2 is 1.62 bits per heavy atom. The Bertz CT molecular complexity index is 470. The van der Waals surface area contributed by atoms with Crippen LogP contribution in [0.1, 0.15) is 58.3 Å². The third kappa shape index (κ3) is 6.17. The van der Waals surface area contributed by atoms with Crippen molar-refractivity contribution in [1.82, 2.24) is 0 Å². The highest BCUT2D eigenvalue weighted by molar-refractivity contribution is 7.99. The van der Waals surface area contributed by atoms with Gasteiger partial charge in [-0.3, -0.25) is 0 Å². The third-order valence-corrected chi connectivity index (χ3v) is 6.87. The summed E-state index contributed by atoms with van der Waals surface area (Å²) in [6, 6.07) is 6.67. The van der Waals surface area contributed by atoms with Crippen molar-refractivity contribution in [1.29, 1.82) is 0 Å². The quantitative estimate of drug-likeness (QED) is 0.298. The first-order chi connectivity index (χ1) is 10.4. The zero-order chi connectivity index (χ0) is 14.8. The number of thiophene rings is 2. The summed E-state index contributed by atoms with van der Waals surface area (Å²) in [5, 5.41) is 4.40. The van der Waals surface area contributed by atoms with Gasteiger partial charge in [-0.25, -0.2) is 0 Å². The first kappa shape index (κ1) is 17.1. The molecule has 0 spiro atoms. The van der Waals surface area contributed by atoms with Crippen LogP contribution in [0.25, 0.3) is 9.75 Å². The second kappa shape index (κ2) is 10.5. The highest BCUT2D eigenvalue weighted by Crippen LogP contribution is 2.38. The maximum absolute atomic E-state index is 2.29. The summed E-state index contributed by atoms with van der Waals surface area (Å²) in [5.74, 6) is 1.27. The van der Waals surface area contributed by atoms with Gasteiger partial charge >= 0.3 is 0 Å². The van der Waals surface area contributed by atoms with Crippen molar-refractivity contribution in [2.75, 3.05) is 5.75 Å². The van der Waals surface area contributed by atoms with Crippen LogP contribution in [0.4, 0.5) is 0 Å². The van der Waals surface area contributed by atoms with Gasteiger partial charge in [0.2, 0.25) is 0 Å². The SMILES string of the molecule is CCCCCCCCCCSc1ccsc1-c1cccs1. The number of hydrogen-bond donors (Lipinski definition) is 0. The summed E-state index contributed by atoms with van der Waals surface area (Å²) in [4.78, 5) is 4.36. The summed E-state index contributed by atoms with van der Waals surface area (Å²) in [6.07, 6.45) is 11.3. The predicted molar refractivity (Wildman–Crippen MR) is 101 cm³/mol. The van der Waals surface area contributed by atoms with E-state index in [0.717, 1.165) is 0 Å². The second-order valence-corrected chi connectivity index (χ2v) is 8.42. The van der Waals surface area contributed by atoms with Crippen molar-refractivity contribution in [3.05, 3.63) is 29.0 Å². The van der Waals surface area contributed by atoms with E-state index in [9.17, 15) is 0 Å². The lowest BCUT2D eigenvalue weighted by Gasteiger charge is -2.03. The molecule has 2 rings (SSSR count). The molecule has 0 aliphatic rings. The van der Waals surface area contributed by atoms with Crippen LogP contribution in [0.3, 0.4) is 0 Å². The van der Waals surface area contributed by atoms with Crippen LogP contribution in [-0.2, 0) is 0 Å². The number of rotatable bonds is 11. The van der Waals surface area contributed by atoms with Crippen LogP contribution >= 0.6 is 34.4 Å². The molecule has 0 aromatic carbocycles. The molecule has 0 aliphatic carbocycles. The standard InChI is InChI=1S/C18H26S3/c1-2-3-4-5-6-7-8-9-13-19-17-12-15-21-18(17)16-11-10-14-20-16/h10-12,14-15H,2-9,13H2,1H3. The maximum Gasteiger partial charge on any atom is 0.0578 e. The van der Waals surface area contributed by atoms with Crippen molar-refractivity contribution >= 4 is 34.4 Å². The fourth-order valence-electron chi connectivity index (χ4n) is 2.42. The fraction of sp³-hybridized carbons (Fsp3) is 0.556. The molecule has 21 heavy (non-hydrogen) atoms. The Morgan fingerprint density at radius 1 is 0.857 bits per heavy atom. The molecule has 0 N–H and O–H groups in total. The van der Waals surface area contributed by atoms with Crippen molar-refractivity contribution in [3.63, 3.8) is 0 Å². The largest absolute Gasteiger partial charge is 0.143 e. The highest BCUT2D eigenvalue weighted by atomic mass is 32.2. The topological polar surface area (TPSA) is 0 Å². The number of thioether (sulfide) groups is 1. The maximum atomic E-state index is 2.29. The van der Waals surface area contributed by atoms with Gasteiger partial charge < -0.3 is 0 Å². The van der Waals surface area contributed by atoms with Crippen LogP contribution in [0.15, 0.2) is 33.9 Å². The Balaban J connectivity index is 1.58. The molecule has 2 aromatic heterocycles. The first-order valence-corrected chi connectivity index (χ1v) is 10.9. The Kier molecular flexibility index (Phi) is 8.53. The van der Waals surface area contributed by atoms with Crippen LogP contribution in [0, 0.1) is 0 Å². The van der Waals surface area contributed by atoms with Gasteiger partial charge in [0.15, 0.2) is 0 Å². The molecule has 0 bridgehead atoms. The van der Waals surface area contributed by atoms with Gasteiger partial charge in [-0.05, 0) is 35.1 Å². The fourth-order valence-corrected chi connectivity index (χ4v) is 5.54. The van der Waals surface area contributed by atoms with E-state index in [-0.39, 0.29) is 0 Å². The lowest BCUT2D eigenvalue weighted by Crippen LogP contribution is -1.83. The monoisotopic (exact) mass is 338 g/mol. The molecule has 0 saturated heterocycles. The molecule has 0 radical (unpaired) electrons. The van der Waals surface area contributed by atoms with E-state index in [2.05, 4.69) is 35.9 Å². The van der Waals surface area contributed by atoms with E-state index in [0.29, 0.717) is 0 Å². The van der Waals surface area contributed by atoms with Gasteiger partial charge in [-0.1, -0.05) is 57.9 Å². The van der Waals surface area contributed by atoms with Crippen molar-refractivity contribution in [2.24, 2.45) is 0 Å². The molecule has 0 nitrogen and oxygen atoms in total. The molecule has 0 fully saturated rings. The molecule has 0 unspecified atom stereocenters. The van der Waals surface area contributed by atoms with E-state index in [4.69, 9.17) is 0 Å². The highest BCUT2D eigenvalue weighted by Gasteiger charge is 2.07. The summed E-state index contributed by atoms with van der Waals surface area (Å²) in [6.45, 7) is 2.28. The Labute approximate surface area is 142 Å². The average Bonchev–Trinajstić information content (AvgIpc) is 3.16. The number of hydrogen-bond acceptors (Lipinski definition) is 3. The summed E-state index contributed by atoms with van der Waals surface area (Å²) in [5.41, 5.74) is 0. The van der Waals surface area contributed by atoms with E-state index in [1.807, 2.05) is 34.4 Å². The third-order valence-electron chi connectivity index (χ3n) is 3.63. The van der Waals surface area contributed by atoms with Gasteiger partial charge in [0, 0.05) is 9.77 Å². The zero-order valence-corrected chi connectivity index (χ0v) is 15.4. The average molecular weight is 339 g/mol. The minimum Gasteiger partial charge on any atom is -0.143 e. The molecular formula is C18H26S3. The predicted octanol–water partition coefficient (Wildman–Crippen LogP) is 7.71.